The molecule has 0 saturated heterocycles. The van der Waals surface area contributed by atoms with Crippen LogP contribution in [0.4, 0.5) is 0 Å². The third kappa shape index (κ3) is 2.62. The lowest BCUT2D eigenvalue weighted by molar-refractivity contribution is -0.665. The average molecular weight is 262 g/mol. The van der Waals surface area contributed by atoms with E-state index in [2.05, 4.69) is 49.6 Å². The Kier molecular flexibility index (Phi) is 4.15. The molecule has 0 unspecified atom stereocenters. The van der Waals surface area contributed by atoms with Gasteiger partial charge in [0.15, 0.2) is 0 Å². The Labute approximate surface area is 112 Å². The first-order valence-electron chi connectivity index (χ1n) is 6.36. The van der Waals surface area contributed by atoms with Crippen LogP contribution >= 0.6 is 11.3 Å². The molecule has 0 aliphatic heterocycles. The Bertz CT molecular complexity index is 583. The maximum atomic E-state index is 8.97. The monoisotopic (exact) mass is 262 g/mol. The summed E-state index contributed by atoms with van der Waals surface area (Å²) in [5.74, 6) is 0. The number of hydrogen-bond acceptors (Lipinski definition) is 2. The van der Waals surface area contributed by atoms with Crippen molar-refractivity contribution in [1.29, 1.82) is 0 Å². The van der Waals surface area contributed by atoms with Gasteiger partial charge in [0.1, 0.15) is 11.2 Å². The van der Waals surface area contributed by atoms with E-state index in [1.807, 2.05) is 11.3 Å². The maximum absolute atomic E-state index is 8.97. The molecule has 0 saturated carbocycles. The van der Waals surface area contributed by atoms with Crippen LogP contribution < -0.4 is 4.57 Å². The molecule has 1 heterocycles. The maximum Gasteiger partial charge on any atom is 0.262 e. The molecule has 0 radical (unpaired) electrons. The predicted molar refractivity (Wildman–Crippen MR) is 77.8 cm³/mol. The minimum absolute atomic E-state index is 0.221. The number of nitrogens with zero attached hydrogens (tertiary/aromatic N) is 1. The number of fused-ring (bicyclic) bond motifs is 1. The van der Waals surface area contributed by atoms with E-state index in [1.54, 1.807) is 0 Å². The van der Waals surface area contributed by atoms with E-state index >= 15 is 0 Å². The van der Waals surface area contributed by atoms with E-state index in [-0.39, 0.29) is 6.61 Å². The summed E-state index contributed by atoms with van der Waals surface area (Å²) in [5.41, 5.74) is 3.83. The zero-order chi connectivity index (χ0) is 13.1. The summed E-state index contributed by atoms with van der Waals surface area (Å²) < 4.78 is 3.67. The molecule has 1 N–H and O–H groups in total. The summed E-state index contributed by atoms with van der Waals surface area (Å²) in [6, 6.07) is 6.60. The van der Waals surface area contributed by atoms with Crippen LogP contribution in [0.1, 0.15) is 30.8 Å². The first-order chi connectivity index (χ1) is 8.65. The largest absolute Gasteiger partial charge is 0.396 e. The number of benzene rings is 1. The Morgan fingerprint density at radius 3 is 2.89 bits per heavy atom. The zero-order valence-corrected chi connectivity index (χ0v) is 12.0. The molecule has 0 aliphatic carbocycles. The van der Waals surface area contributed by atoms with Crippen molar-refractivity contribution in [2.24, 2.45) is 0 Å². The van der Waals surface area contributed by atoms with Crippen LogP contribution in [0, 0.1) is 6.92 Å². The van der Waals surface area contributed by atoms with Crippen molar-refractivity contribution in [3.8, 4) is 0 Å². The SMILES string of the molecule is CC[n+]1c(C=C(C)CCO)sc2ccc(C)cc21. The molecule has 0 atom stereocenters. The fraction of sp³-hybridized carbons (Fsp3) is 0.400. The first kappa shape index (κ1) is 13.2. The molecule has 18 heavy (non-hydrogen) atoms. The molecule has 1 aromatic heterocycles. The van der Waals surface area contributed by atoms with Gasteiger partial charge in [-0.05, 0) is 38.8 Å². The summed E-state index contributed by atoms with van der Waals surface area (Å²) in [7, 11) is 0. The molecule has 2 aromatic rings. The predicted octanol–water partition coefficient (Wildman–Crippen LogP) is 3.30. The van der Waals surface area contributed by atoms with Gasteiger partial charge in [-0.2, -0.15) is 4.57 Å². The van der Waals surface area contributed by atoms with Crippen molar-refractivity contribution in [3.05, 3.63) is 34.3 Å². The summed E-state index contributed by atoms with van der Waals surface area (Å²) >= 11 is 1.82. The molecule has 0 bridgehead atoms. The van der Waals surface area contributed by atoms with Crippen LogP contribution in [-0.4, -0.2) is 11.7 Å². The molecule has 2 rings (SSSR count). The van der Waals surface area contributed by atoms with Crippen LogP contribution in [0.3, 0.4) is 0 Å². The minimum atomic E-state index is 0.221. The van der Waals surface area contributed by atoms with E-state index in [4.69, 9.17) is 5.11 Å². The third-order valence-electron chi connectivity index (χ3n) is 3.08. The van der Waals surface area contributed by atoms with E-state index in [0.717, 1.165) is 13.0 Å². The quantitative estimate of drug-likeness (QED) is 0.840. The average Bonchev–Trinajstić information content (AvgIpc) is 2.65. The van der Waals surface area contributed by atoms with E-state index < -0.39 is 0 Å². The lowest BCUT2D eigenvalue weighted by atomic mass is 10.2. The Hall–Kier alpha value is -1.19. The summed E-state index contributed by atoms with van der Waals surface area (Å²) in [5, 5.41) is 10.2. The Balaban J connectivity index is 2.54. The summed E-state index contributed by atoms with van der Waals surface area (Å²) in [6.07, 6.45) is 2.94. The number of aryl methyl sites for hydroxylation is 2. The van der Waals surface area contributed by atoms with Gasteiger partial charge >= 0.3 is 0 Å². The number of aliphatic hydroxyl groups excluding tert-OH is 1. The van der Waals surface area contributed by atoms with Gasteiger partial charge in [-0.15, -0.1) is 0 Å². The van der Waals surface area contributed by atoms with Gasteiger partial charge in [0.05, 0.1) is 0 Å². The van der Waals surface area contributed by atoms with E-state index in [9.17, 15) is 0 Å². The highest BCUT2D eigenvalue weighted by molar-refractivity contribution is 7.18. The first-order valence-corrected chi connectivity index (χ1v) is 7.18. The number of rotatable bonds is 4. The molecule has 2 nitrogen and oxygen atoms in total. The Morgan fingerprint density at radius 2 is 2.22 bits per heavy atom. The molecule has 0 fully saturated rings. The molecule has 0 aliphatic rings. The molecule has 96 valence electrons. The van der Waals surface area contributed by atoms with Gasteiger partial charge < -0.3 is 5.11 Å². The zero-order valence-electron chi connectivity index (χ0n) is 11.2. The topological polar surface area (TPSA) is 24.1 Å². The van der Waals surface area contributed by atoms with Crippen molar-refractivity contribution in [1.82, 2.24) is 0 Å². The minimum Gasteiger partial charge on any atom is -0.396 e. The number of aliphatic hydroxyl groups is 1. The Morgan fingerprint density at radius 1 is 1.44 bits per heavy atom. The number of hydrogen-bond donors (Lipinski definition) is 1. The van der Waals surface area contributed by atoms with Crippen molar-refractivity contribution in [2.75, 3.05) is 6.61 Å². The van der Waals surface area contributed by atoms with E-state index in [0.29, 0.717) is 0 Å². The van der Waals surface area contributed by atoms with Gasteiger partial charge in [0, 0.05) is 18.7 Å². The van der Waals surface area contributed by atoms with Crippen molar-refractivity contribution in [3.63, 3.8) is 0 Å². The normalized spacial score (nSPS) is 12.3. The second-order valence-corrected chi connectivity index (χ2v) is 5.68. The van der Waals surface area contributed by atoms with Crippen LogP contribution in [0.2, 0.25) is 0 Å². The van der Waals surface area contributed by atoms with Crippen molar-refractivity contribution in [2.45, 2.75) is 33.7 Å². The molecule has 1 aromatic carbocycles. The fourth-order valence-electron chi connectivity index (χ4n) is 2.10. The number of thiazole rings is 1. The molecular weight excluding hydrogens is 242 g/mol. The lowest BCUT2D eigenvalue weighted by Crippen LogP contribution is -2.33. The van der Waals surface area contributed by atoms with Gasteiger partial charge in [-0.25, -0.2) is 0 Å². The summed E-state index contributed by atoms with van der Waals surface area (Å²) in [6.45, 7) is 7.57. The molecule has 3 heteroatoms. The highest BCUT2D eigenvalue weighted by Gasteiger charge is 2.17. The fourth-order valence-corrected chi connectivity index (χ4v) is 3.34. The van der Waals surface area contributed by atoms with Crippen LogP contribution in [0.5, 0.6) is 0 Å². The van der Waals surface area contributed by atoms with Crippen LogP contribution in [0.15, 0.2) is 23.8 Å². The molecule has 0 spiro atoms. The van der Waals surface area contributed by atoms with Gasteiger partial charge in [0.2, 0.25) is 5.52 Å². The van der Waals surface area contributed by atoms with Crippen LogP contribution in [0.25, 0.3) is 16.3 Å². The van der Waals surface area contributed by atoms with Crippen molar-refractivity contribution >= 4 is 27.6 Å². The highest BCUT2D eigenvalue weighted by Crippen LogP contribution is 2.23. The second kappa shape index (κ2) is 5.63. The highest BCUT2D eigenvalue weighted by atomic mass is 32.1. The van der Waals surface area contributed by atoms with Crippen LogP contribution in [-0.2, 0) is 6.54 Å². The lowest BCUT2D eigenvalue weighted by Gasteiger charge is -1.96. The second-order valence-electron chi connectivity index (χ2n) is 4.62. The standard InChI is InChI=1S/C15H20NOS/c1-4-16-13-9-11(2)5-6-14(13)18-15(16)10-12(3)7-8-17/h5-6,9-10,17H,4,7-8H2,1-3H3/q+1. The third-order valence-corrected chi connectivity index (χ3v) is 4.19. The van der Waals surface area contributed by atoms with Gasteiger partial charge in [-0.1, -0.05) is 23.0 Å². The molecular formula is C15H20NOS+. The van der Waals surface area contributed by atoms with Gasteiger partial charge in [0.25, 0.3) is 5.01 Å². The van der Waals surface area contributed by atoms with Gasteiger partial charge in [-0.3, -0.25) is 0 Å². The number of aromatic nitrogens is 1. The van der Waals surface area contributed by atoms with E-state index in [1.165, 1.54) is 26.4 Å². The van der Waals surface area contributed by atoms with Crippen molar-refractivity contribution < 1.29 is 9.67 Å². The molecule has 0 amide bonds. The smallest absolute Gasteiger partial charge is 0.262 e. The summed E-state index contributed by atoms with van der Waals surface area (Å²) in [4.78, 5) is 0.